The molecular weight excluding hydrogens is 219 g/mol. The molecule has 0 rings (SSSR count). The van der Waals surface area contributed by atoms with Crippen molar-refractivity contribution in [1.29, 1.82) is 0 Å². The minimum atomic E-state index is -0.211. The number of carbonyl (C=O) groups is 1. The van der Waals surface area contributed by atoms with Gasteiger partial charge in [-0.25, -0.2) is 0 Å². The summed E-state index contributed by atoms with van der Waals surface area (Å²) in [6, 6.07) is 0. The maximum absolute atomic E-state index is 9.82. The normalized spacial score (nSPS) is 3.83. The van der Waals surface area contributed by atoms with Crippen LogP contribution in [-0.2, 0) is 26.0 Å². The topological polar surface area (TPSA) is 184 Å². The monoisotopic (exact) mass is 236 g/mol. The molecule has 0 spiro atoms. The standard InChI is InChI=1S/C4H8O2.Ni.5H2O/c1-3-6-4(2)5;;;;;;/h3H2,1-2H3;;5*1H2. The first-order valence-electron chi connectivity index (χ1n) is 1.90. The average molecular weight is 237 g/mol. The predicted octanol–water partition coefficient (Wildman–Crippen LogP) is -3.56. The molecule has 0 amide bonds. The predicted molar refractivity (Wildman–Crippen MR) is 40.4 cm³/mol. The molecule has 0 bridgehead atoms. The Morgan fingerprint density at radius 2 is 1.33 bits per heavy atom. The van der Waals surface area contributed by atoms with E-state index in [4.69, 9.17) is 0 Å². The molecule has 0 saturated carbocycles. The van der Waals surface area contributed by atoms with Crippen molar-refractivity contribution in [3.05, 3.63) is 0 Å². The van der Waals surface area contributed by atoms with E-state index in [9.17, 15) is 4.79 Å². The number of ether oxygens (including phenoxy) is 1. The van der Waals surface area contributed by atoms with Crippen molar-refractivity contribution < 1.29 is 53.4 Å². The van der Waals surface area contributed by atoms with Crippen LogP contribution in [-0.4, -0.2) is 40.0 Å². The van der Waals surface area contributed by atoms with Crippen LogP contribution in [0.1, 0.15) is 13.8 Å². The Bertz CT molecular complexity index is 59.4. The van der Waals surface area contributed by atoms with Gasteiger partial charge in [0, 0.05) is 23.4 Å². The van der Waals surface area contributed by atoms with Crippen LogP contribution in [0.4, 0.5) is 0 Å². The van der Waals surface area contributed by atoms with Crippen LogP contribution in [0.15, 0.2) is 0 Å². The third-order valence-electron chi connectivity index (χ3n) is 0.348. The molecular formula is C4H18NiO7. The minimum absolute atomic E-state index is 0. The van der Waals surface area contributed by atoms with Gasteiger partial charge in [0.05, 0.1) is 6.61 Å². The minimum Gasteiger partial charge on any atom is -0.466 e. The van der Waals surface area contributed by atoms with Crippen molar-refractivity contribution in [2.45, 2.75) is 13.8 Å². The molecule has 0 aromatic heterocycles. The summed E-state index contributed by atoms with van der Waals surface area (Å²) in [5, 5.41) is 0. The summed E-state index contributed by atoms with van der Waals surface area (Å²) in [7, 11) is 0. The molecule has 0 aliphatic carbocycles. The number of hydrogen-bond donors (Lipinski definition) is 0. The Kier molecular flexibility index (Phi) is 226. The maximum Gasteiger partial charge on any atom is 0.302 e. The van der Waals surface area contributed by atoms with Crippen LogP contribution in [0.25, 0.3) is 0 Å². The van der Waals surface area contributed by atoms with Crippen LogP contribution in [0, 0.1) is 0 Å². The average Bonchev–Trinajstić information content (AvgIpc) is 1.35. The molecule has 0 unspecified atom stereocenters. The first-order chi connectivity index (χ1) is 2.77. The van der Waals surface area contributed by atoms with Crippen LogP contribution in [0.5, 0.6) is 0 Å². The molecule has 0 aromatic carbocycles. The van der Waals surface area contributed by atoms with Crippen molar-refractivity contribution >= 4 is 5.97 Å². The number of hydrogen-bond acceptors (Lipinski definition) is 2. The first kappa shape index (κ1) is 60.1. The molecule has 0 heterocycles. The zero-order valence-corrected chi connectivity index (χ0v) is 7.83. The summed E-state index contributed by atoms with van der Waals surface area (Å²) in [5.74, 6) is -0.211. The van der Waals surface area contributed by atoms with Crippen LogP contribution < -0.4 is 0 Å². The summed E-state index contributed by atoms with van der Waals surface area (Å²) in [5.41, 5.74) is 0. The number of carbonyl (C=O) groups excluding carboxylic acids is 1. The molecule has 10 N–H and O–H groups in total. The van der Waals surface area contributed by atoms with E-state index in [0.29, 0.717) is 6.61 Å². The zero-order chi connectivity index (χ0) is 4.99. The third-order valence-corrected chi connectivity index (χ3v) is 0.348. The molecule has 7 nitrogen and oxygen atoms in total. The van der Waals surface area contributed by atoms with E-state index < -0.39 is 0 Å². The second-order valence-electron chi connectivity index (χ2n) is 0.925. The van der Waals surface area contributed by atoms with Gasteiger partial charge in [-0.1, -0.05) is 0 Å². The number of esters is 1. The third kappa shape index (κ3) is 98.2. The summed E-state index contributed by atoms with van der Waals surface area (Å²) in [6.07, 6.45) is 0. The Morgan fingerprint density at radius 1 is 1.08 bits per heavy atom. The summed E-state index contributed by atoms with van der Waals surface area (Å²) < 4.78 is 4.40. The molecule has 12 heavy (non-hydrogen) atoms. The van der Waals surface area contributed by atoms with Gasteiger partial charge in [-0.15, -0.1) is 0 Å². The van der Waals surface area contributed by atoms with Gasteiger partial charge in [0.2, 0.25) is 0 Å². The van der Waals surface area contributed by atoms with Crippen molar-refractivity contribution in [1.82, 2.24) is 0 Å². The van der Waals surface area contributed by atoms with Gasteiger partial charge in [-0.05, 0) is 6.92 Å². The van der Waals surface area contributed by atoms with Gasteiger partial charge < -0.3 is 32.1 Å². The van der Waals surface area contributed by atoms with E-state index >= 15 is 0 Å². The van der Waals surface area contributed by atoms with Crippen LogP contribution >= 0.6 is 0 Å². The van der Waals surface area contributed by atoms with E-state index in [1.807, 2.05) is 0 Å². The molecule has 0 saturated heterocycles. The molecule has 0 atom stereocenters. The van der Waals surface area contributed by atoms with Crippen LogP contribution in [0.3, 0.4) is 0 Å². The van der Waals surface area contributed by atoms with Gasteiger partial charge in [0.1, 0.15) is 0 Å². The van der Waals surface area contributed by atoms with Crippen LogP contribution in [0.2, 0.25) is 0 Å². The fourth-order valence-corrected chi connectivity index (χ4v) is 0.203. The quantitative estimate of drug-likeness (QED) is 0.337. The number of rotatable bonds is 1. The van der Waals surface area contributed by atoms with E-state index in [2.05, 4.69) is 4.74 Å². The molecule has 0 radical (unpaired) electrons. The van der Waals surface area contributed by atoms with Gasteiger partial charge in [0.25, 0.3) is 0 Å². The van der Waals surface area contributed by atoms with Gasteiger partial charge in [0.15, 0.2) is 0 Å². The van der Waals surface area contributed by atoms with E-state index in [-0.39, 0.29) is 49.8 Å². The Hall–Kier alpha value is -0.236. The second-order valence-corrected chi connectivity index (χ2v) is 0.925. The Morgan fingerprint density at radius 3 is 1.33 bits per heavy atom. The SMILES string of the molecule is CCOC(C)=O.O.O.O.O.O.[Ni]. The van der Waals surface area contributed by atoms with Crippen molar-refractivity contribution in [2.24, 2.45) is 0 Å². The van der Waals surface area contributed by atoms with Gasteiger partial charge in [-0.3, -0.25) is 4.79 Å². The summed E-state index contributed by atoms with van der Waals surface area (Å²) in [6.45, 7) is 3.65. The maximum atomic E-state index is 9.82. The molecule has 0 aromatic rings. The summed E-state index contributed by atoms with van der Waals surface area (Å²) >= 11 is 0. The molecule has 0 fully saturated rings. The van der Waals surface area contributed by atoms with Crippen molar-refractivity contribution in [3.63, 3.8) is 0 Å². The second kappa shape index (κ2) is 45.2. The van der Waals surface area contributed by atoms with E-state index in [1.165, 1.54) is 6.92 Å². The zero-order valence-electron chi connectivity index (χ0n) is 6.84. The Labute approximate surface area is 80.6 Å². The molecule has 0 aliphatic heterocycles. The van der Waals surface area contributed by atoms with Gasteiger partial charge in [-0.2, -0.15) is 0 Å². The van der Waals surface area contributed by atoms with E-state index in [1.54, 1.807) is 6.92 Å². The summed E-state index contributed by atoms with van der Waals surface area (Å²) in [4.78, 5) is 9.82. The smallest absolute Gasteiger partial charge is 0.302 e. The molecule has 0 aliphatic rings. The fourth-order valence-electron chi connectivity index (χ4n) is 0.203. The Balaban J connectivity index is -0.00000000833. The fraction of sp³-hybridized carbons (Fsp3) is 0.750. The van der Waals surface area contributed by atoms with Crippen molar-refractivity contribution in [3.8, 4) is 0 Å². The molecule has 86 valence electrons. The van der Waals surface area contributed by atoms with Crippen molar-refractivity contribution in [2.75, 3.05) is 6.61 Å². The van der Waals surface area contributed by atoms with Gasteiger partial charge >= 0.3 is 5.97 Å². The molecule has 8 heteroatoms. The van der Waals surface area contributed by atoms with E-state index in [0.717, 1.165) is 0 Å². The largest absolute Gasteiger partial charge is 0.466 e. The first-order valence-corrected chi connectivity index (χ1v) is 1.90.